The predicted molar refractivity (Wildman–Crippen MR) is 108 cm³/mol. The molecule has 0 spiro atoms. The Morgan fingerprint density at radius 3 is 2.38 bits per heavy atom. The van der Waals surface area contributed by atoms with Crippen LogP contribution in [-0.2, 0) is 20.9 Å². The van der Waals surface area contributed by atoms with Crippen LogP contribution in [0.15, 0.2) is 36.5 Å². The largest absolute Gasteiger partial charge is 0.311 e. The maximum absolute atomic E-state index is 12.5. The van der Waals surface area contributed by atoms with Gasteiger partial charge in [0.1, 0.15) is 5.82 Å². The van der Waals surface area contributed by atoms with Gasteiger partial charge in [0.15, 0.2) is 0 Å². The molecule has 1 aliphatic heterocycles. The van der Waals surface area contributed by atoms with Crippen molar-refractivity contribution < 1.29 is 14.4 Å². The van der Waals surface area contributed by atoms with Gasteiger partial charge in [-0.25, -0.2) is 4.68 Å². The molecular formula is C21H23ClN4O3. The van der Waals surface area contributed by atoms with Crippen LogP contribution in [0.25, 0.3) is 0 Å². The summed E-state index contributed by atoms with van der Waals surface area (Å²) in [4.78, 5) is 38.7. The fraction of sp³-hybridized carbons (Fsp3) is 0.429. The molecular weight excluding hydrogens is 392 g/mol. The maximum Gasteiger partial charge on any atom is 0.233 e. The molecule has 8 heteroatoms. The molecule has 0 bridgehead atoms. The first kappa shape index (κ1) is 19.6. The first-order valence-corrected chi connectivity index (χ1v) is 10.3. The van der Waals surface area contributed by atoms with Gasteiger partial charge >= 0.3 is 0 Å². The fourth-order valence-electron chi connectivity index (χ4n) is 4.20. The number of hydrogen-bond donors (Lipinski definition) is 1. The van der Waals surface area contributed by atoms with Crippen LogP contribution in [0.4, 0.5) is 5.82 Å². The number of likely N-dealkylation sites (tertiary alicyclic amines) is 1. The van der Waals surface area contributed by atoms with Crippen molar-refractivity contribution in [3.63, 3.8) is 0 Å². The van der Waals surface area contributed by atoms with Gasteiger partial charge in [0.2, 0.25) is 17.7 Å². The van der Waals surface area contributed by atoms with Crippen molar-refractivity contribution in [3.8, 4) is 0 Å². The van der Waals surface area contributed by atoms with E-state index in [1.807, 2.05) is 12.1 Å². The van der Waals surface area contributed by atoms with Gasteiger partial charge < -0.3 is 5.32 Å². The van der Waals surface area contributed by atoms with Crippen molar-refractivity contribution in [1.82, 2.24) is 14.7 Å². The second-order valence-electron chi connectivity index (χ2n) is 7.62. The quantitative estimate of drug-likeness (QED) is 0.736. The molecule has 1 saturated heterocycles. The molecule has 2 fully saturated rings. The average Bonchev–Trinajstić information content (AvgIpc) is 3.25. The lowest BCUT2D eigenvalue weighted by molar-refractivity contribution is -0.140. The summed E-state index contributed by atoms with van der Waals surface area (Å²) in [6.45, 7) is 0.619. The van der Waals surface area contributed by atoms with E-state index in [9.17, 15) is 14.4 Å². The van der Waals surface area contributed by atoms with Crippen LogP contribution in [0, 0.1) is 11.8 Å². The number of benzene rings is 1. The van der Waals surface area contributed by atoms with E-state index in [2.05, 4.69) is 10.4 Å². The zero-order valence-corrected chi connectivity index (χ0v) is 16.8. The molecule has 7 nitrogen and oxygen atoms in total. The number of imide groups is 1. The van der Waals surface area contributed by atoms with Crippen molar-refractivity contribution >= 4 is 35.1 Å². The maximum atomic E-state index is 12.5. The highest BCUT2D eigenvalue weighted by Crippen LogP contribution is 2.37. The molecule has 2 heterocycles. The van der Waals surface area contributed by atoms with E-state index in [1.54, 1.807) is 29.1 Å². The third-order valence-corrected chi connectivity index (χ3v) is 5.98. The van der Waals surface area contributed by atoms with Crippen molar-refractivity contribution in [2.45, 2.75) is 38.6 Å². The average molecular weight is 415 g/mol. The van der Waals surface area contributed by atoms with Crippen LogP contribution in [0.2, 0.25) is 5.02 Å². The molecule has 3 amide bonds. The van der Waals surface area contributed by atoms with Crippen molar-refractivity contribution in [1.29, 1.82) is 0 Å². The van der Waals surface area contributed by atoms with E-state index in [1.165, 1.54) is 4.90 Å². The minimum Gasteiger partial charge on any atom is -0.311 e. The number of halogens is 1. The Hall–Kier alpha value is -2.67. The van der Waals surface area contributed by atoms with Gasteiger partial charge in [-0.05, 0) is 30.5 Å². The van der Waals surface area contributed by atoms with Gasteiger partial charge in [-0.15, -0.1) is 0 Å². The first-order valence-electron chi connectivity index (χ1n) is 9.94. The topological polar surface area (TPSA) is 84.3 Å². The summed E-state index contributed by atoms with van der Waals surface area (Å²) >= 11 is 5.91. The Balaban J connectivity index is 1.34. The Bertz CT molecular complexity index is 900. The number of nitrogens with one attached hydrogen (secondary N) is 1. The monoisotopic (exact) mass is 414 g/mol. The third-order valence-electron chi connectivity index (χ3n) is 5.72. The summed E-state index contributed by atoms with van der Waals surface area (Å²) in [7, 11) is 0. The molecule has 2 atom stereocenters. The van der Waals surface area contributed by atoms with E-state index >= 15 is 0 Å². The number of hydrogen-bond acceptors (Lipinski definition) is 4. The molecule has 1 N–H and O–H groups in total. The van der Waals surface area contributed by atoms with Gasteiger partial charge in [0, 0.05) is 24.1 Å². The van der Waals surface area contributed by atoms with Gasteiger partial charge in [0.05, 0.1) is 24.6 Å². The lowest BCUT2D eigenvalue weighted by Crippen LogP contribution is -2.34. The highest BCUT2D eigenvalue weighted by molar-refractivity contribution is 6.30. The summed E-state index contributed by atoms with van der Waals surface area (Å²) in [5.41, 5.74) is 1.00. The highest BCUT2D eigenvalue weighted by Gasteiger charge is 2.47. The first-order chi connectivity index (χ1) is 14.0. The number of carbonyl (C=O) groups excluding carboxylic acids is 3. The summed E-state index contributed by atoms with van der Waals surface area (Å²) < 4.78 is 1.68. The van der Waals surface area contributed by atoms with E-state index in [4.69, 9.17) is 11.6 Å². The van der Waals surface area contributed by atoms with Gasteiger partial charge in [-0.2, -0.15) is 5.10 Å². The molecule has 1 aliphatic carbocycles. The number of aromatic nitrogens is 2. The number of anilines is 1. The molecule has 1 saturated carbocycles. The highest BCUT2D eigenvalue weighted by atomic mass is 35.5. The SMILES string of the molecule is O=C(CCN1C(=O)C2CCCCC2C1=O)Nc1ccnn1Cc1ccc(Cl)cc1. The summed E-state index contributed by atoms with van der Waals surface area (Å²) in [6.07, 6.45) is 5.23. The van der Waals surface area contributed by atoms with Crippen LogP contribution in [0.5, 0.6) is 0 Å². The number of amides is 3. The second-order valence-corrected chi connectivity index (χ2v) is 8.06. The van der Waals surface area contributed by atoms with Gasteiger partial charge in [-0.3, -0.25) is 19.3 Å². The van der Waals surface area contributed by atoms with Crippen LogP contribution in [0.3, 0.4) is 0 Å². The number of rotatable bonds is 6. The second kappa shape index (κ2) is 8.37. The zero-order valence-electron chi connectivity index (χ0n) is 16.0. The smallest absolute Gasteiger partial charge is 0.233 e. The van der Waals surface area contributed by atoms with Crippen LogP contribution in [-0.4, -0.2) is 38.9 Å². The Morgan fingerprint density at radius 1 is 1.07 bits per heavy atom. The zero-order chi connectivity index (χ0) is 20.4. The molecule has 1 aromatic carbocycles. The van der Waals surface area contributed by atoms with Crippen molar-refractivity contribution in [2.75, 3.05) is 11.9 Å². The summed E-state index contributed by atoms with van der Waals surface area (Å²) in [6, 6.07) is 9.13. The van der Waals surface area contributed by atoms with E-state index in [0.29, 0.717) is 17.4 Å². The van der Waals surface area contributed by atoms with E-state index in [-0.39, 0.29) is 42.5 Å². The Kier molecular flexibility index (Phi) is 5.67. The minimum absolute atomic E-state index is 0.0725. The Morgan fingerprint density at radius 2 is 1.72 bits per heavy atom. The van der Waals surface area contributed by atoms with Crippen molar-refractivity contribution in [2.24, 2.45) is 11.8 Å². The van der Waals surface area contributed by atoms with E-state index in [0.717, 1.165) is 31.2 Å². The number of nitrogens with zero attached hydrogens (tertiary/aromatic N) is 3. The van der Waals surface area contributed by atoms with Crippen molar-refractivity contribution in [3.05, 3.63) is 47.1 Å². The Labute approximate surface area is 174 Å². The molecule has 1 aromatic heterocycles. The number of fused-ring (bicyclic) bond motifs is 1. The molecule has 152 valence electrons. The lowest BCUT2D eigenvalue weighted by atomic mass is 9.81. The molecule has 2 unspecified atom stereocenters. The molecule has 2 aliphatic rings. The molecule has 4 rings (SSSR count). The predicted octanol–water partition coefficient (Wildman–Crippen LogP) is 3.09. The fourth-order valence-corrected chi connectivity index (χ4v) is 4.32. The van der Waals surface area contributed by atoms with Gasteiger partial charge in [-0.1, -0.05) is 36.6 Å². The van der Waals surface area contributed by atoms with Crippen LogP contribution < -0.4 is 5.32 Å². The lowest BCUT2D eigenvalue weighted by Gasteiger charge is -2.19. The van der Waals surface area contributed by atoms with Crippen LogP contribution in [0.1, 0.15) is 37.7 Å². The molecule has 29 heavy (non-hydrogen) atoms. The molecule has 2 aromatic rings. The standard InChI is InChI=1S/C21H23ClN4O3/c22-15-7-5-14(6-8-15)13-26-18(9-11-23-26)24-19(27)10-12-25-20(28)16-3-1-2-4-17(16)21(25)29/h5-9,11,16-17H,1-4,10,12-13H2,(H,24,27). The number of carbonyl (C=O) groups is 3. The normalized spacial score (nSPS) is 21.3. The summed E-state index contributed by atoms with van der Waals surface area (Å²) in [5.74, 6) is -0.267. The molecule has 0 radical (unpaired) electrons. The van der Waals surface area contributed by atoms with E-state index < -0.39 is 0 Å². The van der Waals surface area contributed by atoms with Crippen LogP contribution >= 0.6 is 11.6 Å². The third kappa shape index (κ3) is 4.19. The van der Waals surface area contributed by atoms with Gasteiger partial charge in [0.25, 0.3) is 0 Å². The summed E-state index contributed by atoms with van der Waals surface area (Å²) in [5, 5.41) is 7.73. The minimum atomic E-state index is -0.252.